The van der Waals surface area contributed by atoms with Crippen LogP contribution in [-0.4, -0.2) is 41.7 Å². The number of thioether (sulfide) groups is 1. The molecule has 8 heteroatoms. The van der Waals surface area contributed by atoms with Crippen LogP contribution in [0.3, 0.4) is 0 Å². The largest absolute Gasteiger partial charge is 0.497 e. The number of hydrogen-bond acceptors (Lipinski definition) is 5. The van der Waals surface area contributed by atoms with Gasteiger partial charge >= 0.3 is 0 Å². The Morgan fingerprint density at radius 2 is 2.00 bits per heavy atom. The minimum atomic E-state index is 0.0389. The maximum absolute atomic E-state index is 12.6. The van der Waals surface area contributed by atoms with E-state index in [1.165, 1.54) is 0 Å². The number of anilines is 1. The second-order valence-electron chi connectivity index (χ2n) is 8.08. The van der Waals surface area contributed by atoms with Crippen LogP contribution in [0.25, 0.3) is 21.8 Å². The predicted octanol–water partition coefficient (Wildman–Crippen LogP) is 6.89. The topological polar surface area (TPSA) is 54.5 Å². The van der Waals surface area contributed by atoms with E-state index in [1.54, 1.807) is 18.9 Å². The molecular formula is C26H23BrClN3O2S. The molecule has 1 aliphatic heterocycles. The molecule has 0 radical (unpaired) electrons. The molecule has 1 aromatic heterocycles. The molecule has 0 saturated carbocycles. The monoisotopic (exact) mass is 555 g/mol. The molecule has 1 saturated heterocycles. The van der Waals surface area contributed by atoms with Crippen LogP contribution in [0.4, 0.5) is 5.69 Å². The van der Waals surface area contributed by atoms with E-state index in [0.717, 1.165) is 49.7 Å². The van der Waals surface area contributed by atoms with Gasteiger partial charge in [0.15, 0.2) is 0 Å². The van der Waals surface area contributed by atoms with E-state index in [1.807, 2.05) is 59.5 Å². The lowest BCUT2D eigenvalue weighted by atomic mass is 10.1. The van der Waals surface area contributed by atoms with Gasteiger partial charge in [0.2, 0.25) is 5.91 Å². The van der Waals surface area contributed by atoms with Crippen LogP contribution >= 0.6 is 39.3 Å². The zero-order chi connectivity index (χ0) is 23.7. The van der Waals surface area contributed by atoms with Gasteiger partial charge in [-0.3, -0.25) is 4.79 Å². The van der Waals surface area contributed by atoms with Crippen molar-refractivity contribution in [3.05, 3.63) is 75.7 Å². The summed E-state index contributed by atoms with van der Waals surface area (Å²) in [5.41, 5.74) is 3.85. The lowest BCUT2D eigenvalue weighted by molar-refractivity contribution is -0.128. The molecule has 4 aromatic rings. The molecule has 0 spiro atoms. The van der Waals surface area contributed by atoms with Gasteiger partial charge in [0.1, 0.15) is 11.1 Å². The van der Waals surface area contributed by atoms with E-state index in [4.69, 9.17) is 21.3 Å². The second-order valence-corrected chi connectivity index (χ2v) is 10.4. The van der Waals surface area contributed by atoms with E-state index in [0.29, 0.717) is 23.9 Å². The number of nitrogens with one attached hydrogen (secondary N) is 1. The van der Waals surface area contributed by atoms with Crippen molar-refractivity contribution in [2.45, 2.75) is 11.8 Å². The first-order valence-electron chi connectivity index (χ1n) is 11.0. The van der Waals surface area contributed by atoms with Crippen LogP contribution < -0.4 is 10.1 Å². The summed E-state index contributed by atoms with van der Waals surface area (Å²) in [6.07, 6.45) is 0.816. The number of pyridine rings is 1. The molecule has 5 nitrogen and oxygen atoms in total. The van der Waals surface area contributed by atoms with Gasteiger partial charge in [-0.2, -0.15) is 0 Å². The summed E-state index contributed by atoms with van der Waals surface area (Å²) in [6.45, 7) is 1.39. The van der Waals surface area contributed by atoms with Crippen molar-refractivity contribution in [1.29, 1.82) is 0 Å². The third-order valence-electron chi connectivity index (χ3n) is 5.96. The number of methoxy groups -OCH3 is 1. The van der Waals surface area contributed by atoms with Crippen LogP contribution in [0.5, 0.6) is 5.75 Å². The first kappa shape index (κ1) is 23.3. The van der Waals surface area contributed by atoms with E-state index < -0.39 is 0 Å². The van der Waals surface area contributed by atoms with E-state index in [-0.39, 0.29) is 11.3 Å². The molecular weight excluding hydrogens is 534 g/mol. The number of halogens is 2. The lowest BCUT2D eigenvalue weighted by Gasteiger charge is -2.25. The first-order valence-corrected chi connectivity index (χ1v) is 13.2. The zero-order valence-corrected chi connectivity index (χ0v) is 21.7. The van der Waals surface area contributed by atoms with Gasteiger partial charge in [-0.1, -0.05) is 45.7 Å². The molecule has 0 bridgehead atoms. The lowest BCUT2D eigenvalue weighted by Crippen LogP contribution is -2.30. The van der Waals surface area contributed by atoms with Crippen molar-refractivity contribution in [3.63, 3.8) is 0 Å². The number of rotatable bonds is 7. The number of fused-ring (bicyclic) bond motifs is 2. The van der Waals surface area contributed by atoms with Gasteiger partial charge in [-0.15, -0.1) is 11.8 Å². The Morgan fingerprint density at radius 3 is 2.82 bits per heavy atom. The number of ether oxygens (including phenoxy) is 1. The standard InChI is InChI=1S/C26H23BrClN3O2S/c1-33-17-8-10-22-20(14-17)25(19-9-7-16(28)13-23(19)30-22)29-11-4-12-31-24(32)15-34-26(31)18-5-2-3-6-21(18)27/h2-3,5-10,13-14,26H,4,11-12,15H2,1H3,(H,29,30). The maximum Gasteiger partial charge on any atom is 0.233 e. The molecule has 34 heavy (non-hydrogen) atoms. The summed E-state index contributed by atoms with van der Waals surface area (Å²) in [7, 11) is 1.66. The highest BCUT2D eigenvalue weighted by molar-refractivity contribution is 9.10. The van der Waals surface area contributed by atoms with Crippen molar-refractivity contribution in [1.82, 2.24) is 9.88 Å². The Bertz CT molecular complexity index is 1380. The normalized spacial score (nSPS) is 15.9. The van der Waals surface area contributed by atoms with Crippen molar-refractivity contribution >= 4 is 72.7 Å². The summed E-state index contributed by atoms with van der Waals surface area (Å²) >= 11 is 11.6. The molecule has 1 fully saturated rings. The zero-order valence-electron chi connectivity index (χ0n) is 18.6. The average Bonchev–Trinajstić information content (AvgIpc) is 3.20. The van der Waals surface area contributed by atoms with E-state index >= 15 is 0 Å². The summed E-state index contributed by atoms with van der Waals surface area (Å²) < 4.78 is 6.48. The van der Waals surface area contributed by atoms with Crippen molar-refractivity contribution in [2.75, 3.05) is 31.3 Å². The van der Waals surface area contributed by atoms with E-state index in [2.05, 4.69) is 27.3 Å². The van der Waals surface area contributed by atoms with Gasteiger partial charge < -0.3 is 15.0 Å². The van der Waals surface area contributed by atoms with Gasteiger partial charge in [0.25, 0.3) is 0 Å². The molecule has 174 valence electrons. The molecule has 1 atom stereocenters. The minimum Gasteiger partial charge on any atom is -0.497 e. The molecule has 1 unspecified atom stereocenters. The van der Waals surface area contributed by atoms with Crippen molar-refractivity contribution in [2.24, 2.45) is 0 Å². The van der Waals surface area contributed by atoms with Crippen LogP contribution in [0.15, 0.2) is 65.1 Å². The Hall–Kier alpha value is -2.48. The number of carbonyl (C=O) groups is 1. The fourth-order valence-corrected chi connectivity index (χ4v) is 6.38. The molecule has 1 aliphatic rings. The fraction of sp³-hybridized carbons (Fsp3) is 0.231. The quantitative estimate of drug-likeness (QED) is 0.198. The number of carbonyl (C=O) groups excluding carboxylic acids is 1. The molecule has 0 aliphatic carbocycles. The Labute approximate surface area is 215 Å². The summed E-state index contributed by atoms with van der Waals surface area (Å²) in [4.78, 5) is 19.4. The third-order valence-corrected chi connectivity index (χ3v) is 8.16. The fourth-order valence-electron chi connectivity index (χ4n) is 4.31. The smallest absolute Gasteiger partial charge is 0.233 e. The first-order chi connectivity index (χ1) is 16.5. The molecule has 5 rings (SSSR count). The van der Waals surface area contributed by atoms with Crippen LogP contribution in [0.1, 0.15) is 17.4 Å². The molecule has 3 aromatic carbocycles. The highest BCUT2D eigenvalue weighted by Crippen LogP contribution is 2.41. The maximum atomic E-state index is 12.6. The Kier molecular flexibility index (Phi) is 6.86. The van der Waals surface area contributed by atoms with Crippen LogP contribution in [0, 0.1) is 0 Å². The van der Waals surface area contributed by atoms with Gasteiger partial charge in [0, 0.05) is 33.4 Å². The number of benzene rings is 3. The van der Waals surface area contributed by atoms with Gasteiger partial charge in [-0.25, -0.2) is 4.98 Å². The highest BCUT2D eigenvalue weighted by Gasteiger charge is 2.33. The van der Waals surface area contributed by atoms with Gasteiger partial charge in [-0.05, 0) is 54.4 Å². The van der Waals surface area contributed by atoms with Crippen LogP contribution in [0.2, 0.25) is 5.02 Å². The van der Waals surface area contributed by atoms with E-state index in [9.17, 15) is 4.79 Å². The van der Waals surface area contributed by atoms with Crippen molar-refractivity contribution < 1.29 is 9.53 Å². The Balaban J connectivity index is 1.37. The number of hydrogen-bond donors (Lipinski definition) is 1. The van der Waals surface area contributed by atoms with Gasteiger partial charge in [0.05, 0.1) is 29.6 Å². The Morgan fingerprint density at radius 1 is 1.15 bits per heavy atom. The molecule has 1 amide bonds. The molecule has 2 heterocycles. The third kappa shape index (κ3) is 4.57. The predicted molar refractivity (Wildman–Crippen MR) is 145 cm³/mol. The summed E-state index contributed by atoms with van der Waals surface area (Å²) in [6, 6.07) is 19.8. The van der Waals surface area contributed by atoms with Crippen molar-refractivity contribution in [3.8, 4) is 5.75 Å². The summed E-state index contributed by atoms with van der Waals surface area (Å²) in [5.74, 6) is 1.48. The molecule has 1 N–H and O–H groups in total. The SMILES string of the molecule is COc1ccc2nc3cc(Cl)ccc3c(NCCCN3C(=O)CSC3c3ccccc3Br)c2c1. The number of amides is 1. The second kappa shape index (κ2) is 10.0. The number of aromatic nitrogens is 1. The number of nitrogens with zero attached hydrogens (tertiary/aromatic N) is 2. The highest BCUT2D eigenvalue weighted by atomic mass is 79.9. The average molecular weight is 557 g/mol. The minimum absolute atomic E-state index is 0.0389. The van der Waals surface area contributed by atoms with Crippen LogP contribution in [-0.2, 0) is 4.79 Å². The summed E-state index contributed by atoms with van der Waals surface area (Å²) in [5, 5.41) is 6.30.